The van der Waals surface area contributed by atoms with Crippen molar-refractivity contribution in [3.05, 3.63) is 95.6 Å². The highest BCUT2D eigenvalue weighted by molar-refractivity contribution is 5.98. The van der Waals surface area contributed by atoms with Gasteiger partial charge in [-0.3, -0.25) is 9.59 Å². The van der Waals surface area contributed by atoms with Gasteiger partial charge in [-0.05, 0) is 41.5 Å². The van der Waals surface area contributed by atoms with Crippen molar-refractivity contribution in [2.24, 2.45) is 0 Å². The van der Waals surface area contributed by atoms with Crippen LogP contribution in [0, 0.1) is 0 Å². The topological polar surface area (TPSA) is 93.7 Å². The van der Waals surface area contributed by atoms with E-state index in [0.717, 1.165) is 11.1 Å². The zero-order chi connectivity index (χ0) is 23.6. The summed E-state index contributed by atoms with van der Waals surface area (Å²) in [4.78, 5) is 36.3. The van der Waals surface area contributed by atoms with Gasteiger partial charge in [-0.15, -0.1) is 0 Å². The lowest BCUT2D eigenvalue weighted by Crippen LogP contribution is -2.43. The number of carbonyl (C=O) groups is 3. The maximum Gasteiger partial charge on any atom is 0.328 e. The summed E-state index contributed by atoms with van der Waals surface area (Å²) in [6.45, 7) is 1.84. The third-order valence-electron chi connectivity index (χ3n) is 4.85. The van der Waals surface area contributed by atoms with Crippen molar-refractivity contribution in [3.8, 4) is 5.75 Å². The number of carbonyl (C=O) groups excluding carboxylic acids is 3. The van der Waals surface area contributed by atoms with E-state index in [4.69, 9.17) is 9.47 Å². The normalized spacial score (nSPS) is 11.2. The van der Waals surface area contributed by atoms with Gasteiger partial charge in [-0.25, -0.2) is 4.79 Å². The van der Waals surface area contributed by atoms with Crippen molar-refractivity contribution in [2.45, 2.75) is 26.0 Å². The molecule has 0 aliphatic rings. The Morgan fingerprint density at radius 3 is 2.27 bits per heavy atom. The van der Waals surface area contributed by atoms with Gasteiger partial charge in [0, 0.05) is 24.6 Å². The molecule has 0 saturated carbocycles. The number of hydrogen-bond donors (Lipinski definition) is 2. The molecule has 170 valence electrons. The average Bonchev–Trinajstić information content (AvgIpc) is 2.83. The third-order valence-corrected chi connectivity index (χ3v) is 4.85. The first-order valence-electron chi connectivity index (χ1n) is 10.5. The maximum absolute atomic E-state index is 12.7. The van der Waals surface area contributed by atoms with Gasteiger partial charge in [0.05, 0.1) is 7.11 Å². The van der Waals surface area contributed by atoms with Gasteiger partial charge in [-0.2, -0.15) is 0 Å². The fourth-order valence-electron chi connectivity index (χ4n) is 3.22. The van der Waals surface area contributed by atoms with Crippen molar-refractivity contribution in [2.75, 3.05) is 12.4 Å². The standard InChI is InChI=1S/C26H26N2O5/c1-18(29)27-22-10-6-9-21(16-22)25(30)28-24(26(31)32-2)15-19-11-13-23(14-12-19)33-17-20-7-4-3-5-8-20/h3-14,16,24H,15,17H2,1-2H3,(H,27,29)(H,28,30)/t24-/m1/s1. The molecule has 33 heavy (non-hydrogen) atoms. The van der Waals surface area contributed by atoms with Gasteiger partial charge in [-0.1, -0.05) is 48.5 Å². The highest BCUT2D eigenvalue weighted by atomic mass is 16.5. The number of benzene rings is 3. The molecule has 1 atom stereocenters. The summed E-state index contributed by atoms with van der Waals surface area (Å²) in [6, 6.07) is 22.8. The van der Waals surface area contributed by atoms with Crippen LogP contribution in [-0.4, -0.2) is 30.9 Å². The predicted octanol–water partition coefficient (Wildman–Crippen LogP) is 3.74. The number of methoxy groups -OCH3 is 1. The molecule has 0 bridgehead atoms. The SMILES string of the molecule is COC(=O)[C@@H](Cc1ccc(OCc2ccccc2)cc1)NC(=O)c1cccc(NC(C)=O)c1. The molecular weight excluding hydrogens is 420 g/mol. The van der Waals surface area contributed by atoms with Crippen LogP contribution in [0.15, 0.2) is 78.9 Å². The second-order valence-electron chi connectivity index (χ2n) is 7.43. The van der Waals surface area contributed by atoms with E-state index in [1.165, 1.54) is 14.0 Å². The second kappa shape index (κ2) is 11.5. The molecule has 0 saturated heterocycles. The zero-order valence-corrected chi connectivity index (χ0v) is 18.5. The first kappa shape index (κ1) is 23.5. The van der Waals surface area contributed by atoms with Crippen molar-refractivity contribution in [1.82, 2.24) is 5.32 Å². The maximum atomic E-state index is 12.7. The van der Waals surface area contributed by atoms with Crippen LogP contribution in [0.2, 0.25) is 0 Å². The number of esters is 1. The van der Waals surface area contributed by atoms with Gasteiger partial charge in [0.2, 0.25) is 5.91 Å². The van der Waals surface area contributed by atoms with Crippen molar-refractivity contribution in [3.63, 3.8) is 0 Å². The summed E-state index contributed by atoms with van der Waals surface area (Å²) >= 11 is 0. The van der Waals surface area contributed by atoms with Crippen LogP contribution in [0.3, 0.4) is 0 Å². The van der Waals surface area contributed by atoms with E-state index in [0.29, 0.717) is 23.6 Å². The minimum absolute atomic E-state index is 0.240. The van der Waals surface area contributed by atoms with E-state index < -0.39 is 17.9 Å². The highest BCUT2D eigenvalue weighted by Crippen LogP contribution is 2.16. The Balaban J connectivity index is 1.64. The number of rotatable bonds is 9. The molecule has 3 aromatic rings. The molecule has 2 N–H and O–H groups in total. The Bertz CT molecular complexity index is 1100. The Kier molecular flexibility index (Phi) is 8.18. The lowest BCUT2D eigenvalue weighted by atomic mass is 10.0. The van der Waals surface area contributed by atoms with Gasteiger partial charge < -0.3 is 20.1 Å². The van der Waals surface area contributed by atoms with Crippen LogP contribution in [0.25, 0.3) is 0 Å². The highest BCUT2D eigenvalue weighted by Gasteiger charge is 2.23. The molecule has 3 aromatic carbocycles. The zero-order valence-electron chi connectivity index (χ0n) is 18.5. The average molecular weight is 447 g/mol. The number of amides is 2. The number of nitrogens with one attached hydrogen (secondary N) is 2. The van der Waals surface area contributed by atoms with Crippen LogP contribution < -0.4 is 15.4 Å². The Morgan fingerprint density at radius 1 is 0.879 bits per heavy atom. The second-order valence-corrected chi connectivity index (χ2v) is 7.43. The van der Waals surface area contributed by atoms with Crippen molar-refractivity contribution >= 4 is 23.5 Å². The summed E-state index contributed by atoms with van der Waals surface area (Å²) in [5.41, 5.74) is 2.72. The molecule has 0 unspecified atom stereocenters. The molecule has 0 spiro atoms. The van der Waals surface area contributed by atoms with E-state index in [1.807, 2.05) is 54.6 Å². The molecule has 0 aliphatic heterocycles. The van der Waals surface area contributed by atoms with Crippen LogP contribution >= 0.6 is 0 Å². The summed E-state index contributed by atoms with van der Waals surface area (Å²) in [5, 5.41) is 5.35. The fraction of sp³-hybridized carbons (Fsp3) is 0.192. The number of anilines is 1. The van der Waals surface area contributed by atoms with Gasteiger partial charge >= 0.3 is 5.97 Å². The molecule has 0 aliphatic carbocycles. The van der Waals surface area contributed by atoms with Crippen molar-refractivity contribution < 1.29 is 23.9 Å². The van der Waals surface area contributed by atoms with E-state index >= 15 is 0 Å². The van der Waals surface area contributed by atoms with Gasteiger partial charge in [0.1, 0.15) is 18.4 Å². The molecular formula is C26H26N2O5. The van der Waals surface area contributed by atoms with E-state index in [1.54, 1.807) is 24.3 Å². The minimum atomic E-state index is -0.872. The summed E-state index contributed by atoms with van der Waals surface area (Å²) in [7, 11) is 1.28. The number of ether oxygens (including phenoxy) is 2. The van der Waals surface area contributed by atoms with E-state index in [-0.39, 0.29) is 12.3 Å². The largest absolute Gasteiger partial charge is 0.489 e. The Morgan fingerprint density at radius 2 is 1.61 bits per heavy atom. The first-order valence-corrected chi connectivity index (χ1v) is 10.5. The molecule has 0 heterocycles. The van der Waals surface area contributed by atoms with Crippen LogP contribution in [0.1, 0.15) is 28.4 Å². The Labute approximate surface area is 192 Å². The summed E-state index contributed by atoms with van der Waals surface area (Å²) < 4.78 is 10.7. The van der Waals surface area contributed by atoms with E-state index in [9.17, 15) is 14.4 Å². The monoisotopic (exact) mass is 446 g/mol. The lowest BCUT2D eigenvalue weighted by Gasteiger charge is -2.17. The molecule has 7 nitrogen and oxygen atoms in total. The Hall–Kier alpha value is -4.13. The van der Waals surface area contributed by atoms with Crippen LogP contribution in [-0.2, 0) is 27.4 Å². The molecule has 0 fully saturated rings. The predicted molar refractivity (Wildman–Crippen MR) is 125 cm³/mol. The minimum Gasteiger partial charge on any atom is -0.489 e. The summed E-state index contributed by atoms with van der Waals surface area (Å²) in [5.74, 6) is -0.529. The third kappa shape index (κ3) is 7.21. The molecule has 3 rings (SSSR count). The van der Waals surface area contributed by atoms with Crippen LogP contribution in [0.4, 0.5) is 5.69 Å². The van der Waals surface area contributed by atoms with Crippen LogP contribution in [0.5, 0.6) is 5.75 Å². The summed E-state index contributed by atoms with van der Waals surface area (Å²) in [6.07, 6.45) is 0.253. The quantitative estimate of drug-likeness (QED) is 0.489. The fourth-order valence-corrected chi connectivity index (χ4v) is 3.22. The van der Waals surface area contributed by atoms with Gasteiger partial charge in [0.15, 0.2) is 0 Å². The first-order chi connectivity index (χ1) is 15.9. The van der Waals surface area contributed by atoms with E-state index in [2.05, 4.69) is 10.6 Å². The molecule has 0 aromatic heterocycles. The molecule has 0 radical (unpaired) electrons. The lowest BCUT2D eigenvalue weighted by molar-refractivity contribution is -0.142. The molecule has 2 amide bonds. The smallest absolute Gasteiger partial charge is 0.328 e. The molecule has 7 heteroatoms. The van der Waals surface area contributed by atoms with Crippen molar-refractivity contribution in [1.29, 1.82) is 0 Å². The number of hydrogen-bond acceptors (Lipinski definition) is 5. The van der Waals surface area contributed by atoms with Gasteiger partial charge in [0.25, 0.3) is 5.91 Å².